The van der Waals surface area contributed by atoms with Crippen molar-refractivity contribution in [3.05, 3.63) is 48.0 Å². The molecule has 0 saturated carbocycles. The Bertz CT molecular complexity index is 539. The standard InChI is InChI=1S/C18H24N2/c1-2-7-18-16(4-1)5-3-6-17(18)14-20-13-10-15-8-11-19-12-9-15/h1-7,15,19-20H,8-14H2. The van der Waals surface area contributed by atoms with Crippen molar-refractivity contribution in [3.8, 4) is 0 Å². The molecule has 0 radical (unpaired) electrons. The van der Waals surface area contributed by atoms with Gasteiger partial charge in [-0.1, -0.05) is 42.5 Å². The highest BCUT2D eigenvalue weighted by molar-refractivity contribution is 5.85. The topological polar surface area (TPSA) is 24.1 Å². The molecule has 1 heterocycles. The molecule has 1 saturated heterocycles. The van der Waals surface area contributed by atoms with Crippen molar-refractivity contribution < 1.29 is 0 Å². The third-order valence-electron chi connectivity index (χ3n) is 4.38. The number of benzene rings is 2. The second-order valence-corrected chi connectivity index (χ2v) is 5.80. The highest BCUT2D eigenvalue weighted by Crippen LogP contribution is 2.18. The van der Waals surface area contributed by atoms with E-state index in [0.717, 1.165) is 19.0 Å². The minimum Gasteiger partial charge on any atom is -0.317 e. The Kier molecular flexibility index (Phi) is 4.67. The summed E-state index contributed by atoms with van der Waals surface area (Å²) in [5, 5.41) is 9.77. The van der Waals surface area contributed by atoms with Crippen LogP contribution in [0, 0.1) is 5.92 Å². The molecule has 3 rings (SSSR count). The van der Waals surface area contributed by atoms with Gasteiger partial charge in [0.25, 0.3) is 0 Å². The summed E-state index contributed by atoms with van der Waals surface area (Å²) in [4.78, 5) is 0. The van der Waals surface area contributed by atoms with E-state index in [1.807, 2.05) is 0 Å². The molecule has 1 aliphatic heterocycles. The first kappa shape index (κ1) is 13.6. The summed E-state index contributed by atoms with van der Waals surface area (Å²) in [7, 11) is 0. The van der Waals surface area contributed by atoms with Crippen molar-refractivity contribution in [1.82, 2.24) is 10.6 Å². The van der Waals surface area contributed by atoms with E-state index in [4.69, 9.17) is 0 Å². The van der Waals surface area contributed by atoms with Crippen LogP contribution in [0.15, 0.2) is 42.5 Å². The lowest BCUT2D eigenvalue weighted by molar-refractivity contribution is 0.348. The van der Waals surface area contributed by atoms with Gasteiger partial charge in [0.1, 0.15) is 0 Å². The van der Waals surface area contributed by atoms with Crippen LogP contribution in [0.5, 0.6) is 0 Å². The maximum Gasteiger partial charge on any atom is 0.0211 e. The second kappa shape index (κ2) is 6.87. The average molecular weight is 268 g/mol. The third-order valence-corrected chi connectivity index (χ3v) is 4.38. The molecule has 1 fully saturated rings. The molecule has 20 heavy (non-hydrogen) atoms. The Morgan fingerprint density at radius 2 is 1.80 bits per heavy atom. The summed E-state index contributed by atoms with van der Waals surface area (Å²) >= 11 is 0. The first-order valence-electron chi connectivity index (χ1n) is 7.81. The van der Waals surface area contributed by atoms with Gasteiger partial charge in [-0.05, 0) is 61.2 Å². The highest BCUT2D eigenvalue weighted by Gasteiger charge is 2.11. The molecule has 2 nitrogen and oxygen atoms in total. The van der Waals surface area contributed by atoms with Crippen molar-refractivity contribution in [2.24, 2.45) is 5.92 Å². The van der Waals surface area contributed by atoms with Crippen molar-refractivity contribution in [2.75, 3.05) is 19.6 Å². The van der Waals surface area contributed by atoms with Crippen molar-refractivity contribution in [1.29, 1.82) is 0 Å². The Morgan fingerprint density at radius 1 is 1.00 bits per heavy atom. The zero-order valence-corrected chi connectivity index (χ0v) is 12.1. The fourth-order valence-electron chi connectivity index (χ4n) is 3.15. The predicted octanol–water partition coefficient (Wildman–Crippen LogP) is 3.32. The number of piperidine rings is 1. The van der Waals surface area contributed by atoms with Gasteiger partial charge in [-0.15, -0.1) is 0 Å². The van der Waals surface area contributed by atoms with E-state index in [9.17, 15) is 0 Å². The maximum absolute atomic E-state index is 3.62. The van der Waals surface area contributed by atoms with Gasteiger partial charge in [0.15, 0.2) is 0 Å². The van der Waals surface area contributed by atoms with Crippen molar-refractivity contribution in [2.45, 2.75) is 25.8 Å². The van der Waals surface area contributed by atoms with Crippen LogP contribution in [0.2, 0.25) is 0 Å². The van der Waals surface area contributed by atoms with Crippen LogP contribution >= 0.6 is 0 Å². The summed E-state index contributed by atoms with van der Waals surface area (Å²) in [6.07, 6.45) is 4.00. The van der Waals surface area contributed by atoms with Gasteiger partial charge < -0.3 is 10.6 Å². The molecule has 0 aliphatic carbocycles. The van der Waals surface area contributed by atoms with E-state index in [1.165, 1.54) is 48.7 Å². The van der Waals surface area contributed by atoms with Gasteiger partial charge in [-0.25, -0.2) is 0 Å². The zero-order valence-electron chi connectivity index (χ0n) is 12.1. The van der Waals surface area contributed by atoms with Crippen molar-refractivity contribution in [3.63, 3.8) is 0 Å². The molecule has 2 heteroatoms. The van der Waals surface area contributed by atoms with E-state index in [-0.39, 0.29) is 0 Å². The fourth-order valence-corrected chi connectivity index (χ4v) is 3.15. The van der Waals surface area contributed by atoms with Gasteiger partial charge in [-0.3, -0.25) is 0 Å². The lowest BCUT2D eigenvalue weighted by Crippen LogP contribution is -2.29. The Labute approximate surface area is 121 Å². The maximum atomic E-state index is 3.62. The van der Waals surface area contributed by atoms with Crippen LogP contribution in [-0.2, 0) is 6.54 Å². The van der Waals surface area contributed by atoms with Crippen LogP contribution in [-0.4, -0.2) is 19.6 Å². The van der Waals surface area contributed by atoms with E-state index < -0.39 is 0 Å². The lowest BCUT2D eigenvalue weighted by atomic mass is 9.95. The molecule has 0 atom stereocenters. The van der Waals surface area contributed by atoms with Crippen LogP contribution in [0.25, 0.3) is 10.8 Å². The van der Waals surface area contributed by atoms with Gasteiger partial charge in [0.05, 0.1) is 0 Å². The molecule has 0 amide bonds. The van der Waals surface area contributed by atoms with Crippen LogP contribution in [0.1, 0.15) is 24.8 Å². The monoisotopic (exact) mass is 268 g/mol. The molecule has 0 bridgehead atoms. The summed E-state index contributed by atoms with van der Waals surface area (Å²) in [6.45, 7) is 4.52. The molecule has 2 N–H and O–H groups in total. The summed E-state index contributed by atoms with van der Waals surface area (Å²) < 4.78 is 0. The number of hydrogen-bond acceptors (Lipinski definition) is 2. The molecule has 2 aromatic carbocycles. The smallest absolute Gasteiger partial charge is 0.0211 e. The number of fused-ring (bicyclic) bond motifs is 1. The fraction of sp³-hybridized carbons (Fsp3) is 0.444. The predicted molar refractivity (Wildman–Crippen MR) is 85.9 cm³/mol. The lowest BCUT2D eigenvalue weighted by Gasteiger charge is -2.22. The van der Waals surface area contributed by atoms with E-state index >= 15 is 0 Å². The third kappa shape index (κ3) is 3.38. The number of nitrogens with one attached hydrogen (secondary N) is 2. The Balaban J connectivity index is 1.52. The van der Waals surface area contributed by atoms with Gasteiger partial charge in [0.2, 0.25) is 0 Å². The minimum atomic E-state index is 0.913. The normalized spacial score (nSPS) is 16.6. The molecular weight excluding hydrogens is 244 g/mol. The summed E-state index contributed by atoms with van der Waals surface area (Å²) in [6, 6.07) is 15.2. The first-order chi connectivity index (χ1) is 9.93. The molecule has 0 spiro atoms. The van der Waals surface area contributed by atoms with Gasteiger partial charge in [-0.2, -0.15) is 0 Å². The molecular formula is C18H24N2. The van der Waals surface area contributed by atoms with Gasteiger partial charge >= 0.3 is 0 Å². The highest BCUT2D eigenvalue weighted by atomic mass is 14.9. The van der Waals surface area contributed by atoms with Crippen molar-refractivity contribution >= 4 is 10.8 Å². The van der Waals surface area contributed by atoms with Crippen LogP contribution in [0.3, 0.4) is 0 Å². The van der Waals surface area contributed by atoms with E-state index in [0.29, 0.717) is 0 Å². The first-order valence-corrected chi connectivity index (χ1v) is 7.81. The molecule has 106 valence electrons. The van der Waals surface area contributed by atoms with E-state index in [1.54, 1.807) is 0 Å². The van der Waals surface area contributed by atoms with Gasteiger partial charge in [0, 0.05) is 6.54 Å². The average Bonchev–Trinajstić information content (AvgIpc) is 2.53. The summed E-state index contributed by atoms with van der Waals surface area (Å²) in [5.74, 6) is 0.913. The van der Waals surface area contributed by atoms with Crippen LogP contribution < -0.4 is 10.6 Å². The second-order valence-electron chi connectivity index (χ2n) is 5.80. The Morgan fingerprint density at radius 3 is 2.70 bits per heavy atom. The largest absolute Gasteiger partial charge is 0.317 e. The Hall–Kier alpha value is -1.38. The molecule has 1 aliphatic rings. The molecule has 0 aromatic heterocycles. The quantitative estimate of drug-likeness (QED) is 0.813. The van der Waals surface area contributed by atoms with E-state index in [2.05, 4.69) is 53.1 Å². The zero-order chi connectivity index (χ0) is 13.6. The summed E-state index contributed by atoms with van der Waals surface area (Å²) in [5.41, 5.74) is 1.41. The minimum absolute atomic E-state index is 0.913. The molecule has 0 unspecified atom stereocenters. The number of hydrogen-bond donors (Lipinski definition) is 2. The molecule has 2 aromatic rings. The number of rotatable bonds is 5. The van der Waals surface area contributed by atoms with Crippen LogP contribution in [0.4, 0.5) is 0 Å². The SMILES string of the molecule is c1ccc2c(CNCCC3CCNCC3)cccc2c1.